The molecule has 1 atom stereocenters. The molecule has 1 saturated heterocycles. The highest BCUT2D eigenvalue weighted by atomic mass is 35.5. The van der Waals surface area contributed by atoms with Crippen LogP contribution in [0.2, 0.25) is 0 Å². The molecule has 1 spiro atoms. The van der Waals surface area contributed by atoms with Crippen molar-refractivity contribution in [1.29, 1.82) is 0 Å². The first-order valence-corrected chi connectivity index (χ1v) is 4.68. The Morgan fingerprint density at radius 2 is 2.08 bits per heavy atom. The molecule has 1 unspecified atom stereocenters. The number of aliphatic carboxylic acids is 1. The first-order valence-electron chi connectivity index (χ1n) is 4.68. The van der Waals surface area contributed by atoms with Crippen LogP contribution >= 0.6 is 12.4 Å². The minimum atomic E-state index is -0.680. The van der Waals surface area contributed by atoms with E-state index < -0.39 is 5.97 Å². The van der Waals surface area contributed by atoms with Crippen LogP contribution < -0.4 is 5.32 Å². The van der Waals surface area contributed by atoms with Gasteiger partial charge in [0, 0.05) is 0 Å². The lowest BCUT2D eigenvalue weighted by molar-refractivity contribution is -0.142. The molecule has 1 heterocycles. The molecule has 2 aliphatic rings. The molecule has 2 N–H and O–H groups in total. The van der Waals surface area contributed by atoms with Gasteiger partial charge in [0.2, 0.25) is 0 Å². The number of rotatable bonds is 1. The molecule has 1 saturated carbocycles. The summed E-state index contributed by atoms with van der Waals surface area (Å²) in [5.74, 6) is -0.680. The minimum absolute atomic E-state index is 0. The van der Waals surface area contributed by atoms with Crippen LogP contribution in [0, 0.1) is 5.41 Å². The molecule has 2 fully saturated rings. The molecule has 4 heteroatoms. The van der Waals surface area contributed by atoms with Crippen molar-refractivity contribution in [3.8, 4) is 0 Å². The Balaban J connectivity index is 0.000000845. The van der Waals surface area contributed by atoms with Crippen LogP contribution in [0.3, 0.4) is 0 Å². The molecule has 1 aliphatic heterocycles. The fourth-order valence-corrected chi connectivity index (χ4v) is 2.42. The summed E-state index contributed by atoms with van der Waals surface area (Å²) in [7, 11) is 0. The van der Waals surface area contributed by atoms with Crippen LogP contribution in [-0.4, -0.2) is 23.7 Å². The summed E-state index contributed by atoms with van der Waals surface area (Å²) >= 11 is 0. The predicted molar refractivity (Wildman–Crippen MR) is 52.2 cm³/mol. The summed E-state index contributed by atoms with van der Waals surface area (Å²) in [6, 6.07) is -0.279. The van der Waals surface area contributed by atoms with E-state index in [0.717, 1.165) is 13.0 Å². The quantitative estimate of drug-likeness (QED) is 0.681. The average molecular weight is 206 g/mol. The highest BCUT2D eigenvalue weighted by molar-refractivity contribution is 5.85. The Morgan fingerprint density at radius 1 is 1.38 bits per heavy atom. The topological polar surface area (TPSA) is 49.3 Å². The second-order valence-corrected chi connectivity index (χ2v) is 4.15. The van der Waals surface area contributed by atoms with Crippen LogP contribution in [0.15, 0.2) is 0 Å². The molecule has 0 amide bonds. The van der Waals surface area contributed by atoms with Crippen molar-refractivity contribution in [2.75, 3.05) is 6.54 Å². The van der Waals surface area contributed by atoms with Crippen LogP contribution in [0.25, 0.3) is 0 Å². The van der Waals surface area contributed by atoms with Gasteiger partial charge in [-0.3, -0.25) is 4.79 Å². The zero-order valence-corrected chi connectivity index (χ0v) is 8.40. The number of hydrogen-bond donors (Lipinski definition) is 2. The van der Waals surface area contributed by atoms with Crippen molar-refractivity contribution in [1.82, 2.24) is 5.32 Å². The van der Waals surface area contributed by atoms with Gasteiger partial charge in [0.15, 0.2) is 0 Å². The normalized spacial score (nSPS) is 30.3. The fourth-order valence-electron chi connectivity index (χ4n) is 2.42. The van der Waals surface area contributed by atoms with Crippen LogP contribution in [0.1, 0.15) is 32.1 Å². The minimum Gasteiger partial charge on any atom is -0.480 e. The van der Waals surface area contributed by atoms with Gasteiger partial charge in [-0.15, -0.1) is 12.4 Å². The lowest BCUT2D eigenvalue weighted by atomic mass is 9.62. The lowest BCUT2D eigenvalue weighted by Gasteiger charge is -2.47. The average Bonchev–Trinajstić information content (AvgIpc) is 2.02. The lowest BCUT2D eigenvalue weighted by Crippen LogP contribution is -2.50. The molecule has 0 aromatic rings. The third-order valence-electron chi connectivity index (χ3n) is 3.40. The van der Waals surface area contributed by atoms with Gasteiger partial charge in [-0.25, -0.2) is 0 Å². The van der Waals surface area contributed by atoms with Crippen molar-refractivity contribution in [2.45, 2.75) is 38.1 Å². The van der Waals surface area contributed by atoms with Crippen LogP contribution in [0.5, 0.6) is 0 Å². The summed E-state index contributed by atoms with van der Waals surface area (Å²) in [5, 5.41) is 11.9. The predicted octanol–water partition coefficient (Wildman–Crippen LogP) is 1.42. The van der Waals surface area contributed by atoms with Crippen molar-refractivity contribution in [2.24, 2.45) is 5.41 Å². The van der Waals surface area contributed by atoms with Crippen molar-refractivity contribution >= 4 is 18.4 Å². The van der Waals surface area contributed by atoms with Crippen molar-refractivity contribution in [3.05, 3.63) is 0 Å². The van der Waals surface area contributed by atoms with E-state index in [1.165, 1.54) is 25.7 Å². The molecule has 0 bridgehead atoms. The second-order valence-electron chi connectivity index (χ2n) is 4.15. The highest BCUT2D eigenvalue weighted by Crippen LogP contribution is 2.48. The molecule has 0 aromatic carbocycles. The van der Waals surface area contributed by atoms with E-state index in [2.05, 4.69) is 5.32 Å². The molecule has 1 aliphatic carbocycles. The van der Waals surface area contributed by atoms with Gasteiger partial charge >= 0.3 is 5.97 Å². The molecule has 0 aromatic heterocycles. The molecular weight excluding hydrogens is 190 g/mol. The largest absolute Gasteiger partial charge is 0.480 e. The van der Waals surface area contributed by atoms with Gasteiger partial charge in [0.1, 0.15) is 6.04 Å². The molecule has 2 rings (SSSR count). The van der Waals surface area contributed by atoms with E-state index in [0.29, 0.717) is 5.41 Å². The Hall–Kier alpha value is -0.280. The zero-order chi connectivity index (χ0) is 8.60. The highest BCUT2D eigenvalue weighted by Gasteiger charge is 2.42. The first-order chi connectivity index (χ1) is 5.72. The van der Waals surface area contributed by atoms with Gasteiger partial charge in [-0.1, -0.05) is 6.42 Å². The SMILES string of the molecule is Cl.O=C(O)C1CC2(CCC2)CCN1. The number of hydrogen-bond acceptors (Lipinski definition) is 2. The smallest absolute Gasteiger partial charge is 0.320 e. The Labute approximate surface area is 84.3 Å². The van der Waals surface area contributed by atoms with Crippen molar-refractivity contribution < 1.29 is 9.90 Å². The van der Waals surface area contributed by atoms with Gasteiger partial charge in [-0.2, -0.15) is 0 Å². The fraction of sp³-hybridized carbons (Fsp3) is 0.889. The maximum absolute atomic E-state index is 10.7. The summed E-state index contributed by atoms with van der Waals surface area (Å²) in [4.78, 5) is 10.7. The summed E-state index contributed by atoms with van der Waals surface area (Å²) < 4.78 is 0. The maximum Gasteiger partial charge on any atom is 0.320 e. The molecular formula is C9H16ClNO2. The van der Waals surface area contributed by atoms with E-state index in [-0.39, 0.29) is 18.4 Å². The third kappa shape index (κ3) is 1.97. The van der Waals surface area contributed by atoms with E-state index in [4.69, 9.17) is 5.11 Å². The Morgan fingerprint density at radius 3 is 2.54 bits per heavy atom. The Bertz CT molecular complexity index is 204. The van der Waals surface area contributed by atoms with Crippen molar-refractivity contribution in [3.63, 3.8) is 0 Å². The van der Waals surface area contributed by atoms with Crippen LogP contribution in [0.4, 0.5) is 0 Å². The maximum atomic E-state index is 10.7. The van der Waals surface area contributed by atoms with E-state index in [9.17, 15) is 4.79 Å². The number of piperidine rings is 1. The third-order valence-corrected chi connectivity index (χ3v) is 3.40. The number of carboxylic acid groups (broad SMARTS) is 1. The second kappa shape index (κ2) is 3.84. The Kier molecular flexibility index (Phi) is 3.19. The van der Waals surface area contributed by atoms with E-state index >= 15 is 0 Å². The summed E-state index contributed by atoms with van der Waals surface area (Å²) in [5.41, 5.74) is 0.411. The monoisotopic (exact) mass is 205 g/mol. The summed E-state index contributed by atoms with van der Waals surface area (Å²) in [6.45, 7) is 0.886. The first kappa shape index (κ1) is 10.8. The van der Waals surface area contributed by atoms with Gasteiger partial charge in [0.25, 0.3) is 0 Å². The number of carbonyl (C=O) groups is 1. The number of nitrogens with one attached hydrogen (secondary N) is 1. The van der Waals surface area contributed by atoms with Crippen LogP contribution in [-0.2, 0) is 4.79 Å². The standard InChI is InChI=1S/C9H15NO2.ClH/c11-8(12)7-6-9(2-1-3-9)4-5-10-7;/h7,10H,1-6H2,(H,11,12);1H. The molecule has 0 radical (unpaired) electrons. The van der Waals surface area contributed by atoms with Gasteiger partial charge in [-0.05, 0) is 37.6 Å². The summed E-state index contributed by atoms with van der Waals surface area (Å²) in [6.07, 6.45) is 5.82. The molecule has 3 nitrogen and oxygen atoms in total. The zero-order valence-electron chi connectivity index (χ0n) is 7.58. The molecule has 76 valence electrons. The number of carboxylic acids is 1. The van der Waals surface area contributed by atoms with E-state index in [1.54, 1.807) is 0 Å². The van der Waals surface area contributed by atoms with E-state index in [1.807, 2.05) is 0 Å². The number of halogens is 1. The molecule has 13 heavy (non-hydrogen) atoms. The van der Waals surface area contributed by atoms with Gasteiger partial charge < -0.3 is 10.4 Å². The van der Waals surface area contributed by atoms with Gasteiger partial charge in [0.05, 0.1) is 0 Å².